The van der Waals surface area contributed by atoms with E-state index in [-0.39, 0.29) is 36.5 Å². The number of amides is 2. The lowest BCUT2D eigenvalue weighted by Crippen LogP contribution is -2.49. The summed E-state index contributed by atoms with van der Waals surface area (Å²) < 4.78 is 7.35. The Kier molecular flexibility index (Phi) is 7.02. The molecule has 0 saturated carbocycles. The molecule has 8 heteroatoms. The van der Waals surface area contributed by atoms with E-state index in [9.17, 15) is 9.59 Å². The maximum atomic E-state index is 12.6. The third kappa shape index (κ3) is 5.77. The Morgan fingerprint density at radius 3 is 2.42 bits per heavy atom. The minimum atomic E-state index is -0.314. The molecular weight excluding hydrogens is 418 g/mol. The maximum absolute atomic E-state index is 12.6. The number of hydrogen-bond acceptors (Lipinski definition) is 5. The highest BCUT2D eigenvalue weighted by atomic mass is 16.5. The number of benzene rings is 2. The fourth-order valence-electron chi connectivity index (χ4n) is 4.21. The number of aromatic nitrogens is 3. The van der Waals surface area contributed by atoms with Gasteiger partial charge in [-0.15, -0.1) is 5.10 Å². The third-order valence-electron chi connectivity index (χ3n) is 5.91. The number of rotatable bonds is 7. The minimum absolute atomic E-state index is 0.00585. The van der Waals surface area contributed by atoms with Gasteiger partial charge in [-0.2, -0.15) is 0 Å². The third-order valence-corrected chi connectivity index (χ3v) is 5.91. The molecule has 33 heavy (non-hydrogen) atoms. The number of nitrogens with zero attached hydrogens (tertiary/aromatic N) is 4. The Balaban J connectivity index is 1.29. The van der Waals surface area contributed by atoms with Crippen molar-refractivity contribution in [3.63, 3.8) is 0 Å². The number of nitrogens with one attached hydrogen (secondary N) is 1. The van der Waals surface area contributed by atoms with Crippen molar-refractivity contribution in [3.8, 4) is 5.75 Å². The number of carbonyl (C=O) groups is 2. The van der Waals surface area contributed by atoms with E-state index < -0.39 is 0 Å². The van der Waals surface area contributed by atoms with E-state index in [1.165, 1.54) is 0 Å². The van der Waals surface area contributed by atoms with Crippen LogP contribution in [0.2, 0.25) is 0 Å². The van der Waals surface area contributed by atoms with E-state index in [4.69, 9.17) is 4.74 Å². The Hall–Kier alpha value is -3.68. The van der Waals surface area contributed by atoms with Crippen molar-refractivity contribution in [2.45, 2.75) is 51.7 Å². The number of carbonyl (C=O) groups excluding carboxylic acids is 2. The van der Waals surface area contributed by atoms with Crippen LogP contribution in [0, 0.1) is 0 Å². The number of hydrogen-bond donors (Lipinski definition) is 1. The summed E-state index contributed by atoms with van der Waals surface area (Å²) in [4.78, 5) is 31.2. The molecule has 2 aromatic carbocycles. The predicted octanol–water partition coefficient (Wildman–Crippen LogP) is 3.75. The van der Waals surface area contributed by atoms with Crippen LogP contribution < -0.4 is 10.1 Å². The van der Waals surface area contributed by atoms with Crippen LogP contribution in [0.1, 0.15) is 49.0 Å². The van der Waals surface area contributed by atoms with Crippen molar-refractivity contribution >= 4 is 17.8 Å². The molecule has 0 aliphatic carbocycles. The summed E-state index contributed by atoms with van der Waals surface area (Å²) in [5.41, 5.74) is 1.55. The molecule has 1 aliphatic rings. The van der Waals surface area contributed by atoms with E-state index in [1.807, 2.05) is 35.2 Å². The van der Waals surface area contributed by atoms with Gasteiger partial charge in [-0.05, 0) is 62.9 Å². The van der Waals surface area contributed by atoms with Crippen LogP contribution in [0.3, 0.4) is 0 Å². The van der Waals surface area contributed by atoms with Gasteiger partial charge >= 0.3 is 0 Å². The topological polar surface area (TPSA) is 89.4 Å². The zero-order chi connectivity index (χ0) is 23.2. The zero-order valence-electron chi connectivity index (χ0n) is 19.0. The normalized spacial score (nSPS) is 18.1. The zero-order valence-corrected chi connectivity index (χ0v) is 19.0. The first-order valence-corrected chi connectivity index (χ1v) is 11.3. The van der Waals surface area contributed by atoms with Crippen molar-refractivity contribution in [3.05, 3.63) is 72.1 Å². The molecular formula is C25H29N5O3. The quantitative estimate of drug-likeness (QED) is 0.596. The molecule has 0 bridgehead atoms. The SMILES string of the molecule is CC1CCCC(C)N1C(=O)COc1ccc(C(=O)Nc2ncn(Cc3ccccc3)n2)cc1. The molecule has 2 atom stereocenters. The molecule has 4 rings (SSSR count). The van der Waals surface area contributed by atoms with Crippen molar-refractivity contribution in [1.82, 2.24) is 19.7 Å². The first kappa shape index (κ1) is 22.5. The number of likely N-dealkylation sites (tertiary alicyclic amines) is 1. The molecule has 3 aromatic rings. The lowest BCUT2D eigenvalue weighted by atomic mass is 9.97. The second-order valence-electron chi connectivity index (χ2n) is 8.45. The van der Waals surface area contributed by atoms with Gasteiger partial charge in [0.15, 0.2) is 6.61 Å². The molecule has 1 N–H and O–H groups in total. The Bertz CT molecular complexity index is 1070. The largest absolute Gasteiger partial charge is 0.484 e. The van der Waals surface area contributed by atoms with Crippen LogP contribution in [0.4, 0.5) is 5.95 Å². The lowest BCUT2D eigenvalue weighted by molar-refractivity contribution is -0.139. The van der Waals surface area contributed by atoms with E-state index in [1.54, 1.807) is 35.3 Å². The number of piperidine rings is 1. The van der Waals surface area contributed by atoms with E-state index in [0.717, 1.165) is 24.8 Å². The number of anilines is 1. The van der Waals surface area contributed by atoms with Gasteiger partial charge in [-0.3, -0.25) is 14.9 Å². The summed E-state index contributed by atoms with van der Waals surface area (Å²) in [6.45, 7) is 4.73. The van der Waals surface area contributed by atoms with Crippen LogP contribution in [-0.2, 0) is 11.3 Å². The molecule has 8 nitrogen and oxygen atoms in total. The fraction of sp³-hybridized carbons (Fsp3) is 0.360. The van der Waals surface area contributed by atoms with Crippen LogP contribution in [0.15, 0.2) is 60.9 Å². The number of ether oxygens (including phenoxy) is 1. The average molecular weight is 448 g/mol. The average Bonchev–Trinajstić information content (AvgIpc) is 3.25. The summed E-state index contributed by atoms with van der Waals surface area (Å²) in [6.07, 6.45) is 4.79. The molecule has 1 saturated heterocycles. The van der Waals surface area contributed by atoms with Crippen molar-refractivity contribution in [1.29, 1.82) is 0 Å². The lowest BCUT2D eigenvalue weighted by Gasteiger charge is -2.38. The van der Waals surface area contributed by atoms with Crippen LogP contribution in [-0.4, -0.2) is 50.2 Å². The minimum Gasteiger partial charge on any atom is -0.484 e. The molecule has 172 valence electrons. The van der Waals surface area contributed by atoms with Gasteiger partial charge in [0.05, 0.1) is 6.54 Å². The predicted molar refractivity (Wildman–Crippen MR) is 125 cm³/mol. The van der Waals surface area contributed by atoms with Gasteiger partial charge in [0.2, 0.25) is 5.95 Å². The Labute approximate surface area is 193 Å². The summed E-state index contributed by atoms with van der Waals surface area (Å²) in [5, 5.41) is 7.00. The van der Waals surface area contributed by atoms with Gasteiger partial charge in [0.1, 0.15) is 12.1 Å². The van der Waals surface area contributed by atoms with Gasteiger partial charge in [-0.25, -0.2) is 9.67 Å². The highest BCUT2D eigenvalue weighted by Crippen LogP contribution is 2.23. The molecule has 0 radical (unpaired) electrons. The van der Waals surface area contributed by atoms with Gasteiger partial charge in [-0.1, -0.05) is 30.3 Å². The van der Waals surface area contributed by atoms with Crippen molar-refractivity contribution < 1.29 is 14.3 Å². The fourth-order valence-corrected chi connectivity index (χ4v) is 4.21. The van der Waals surface area contributed by atoms with Crippen LogP contribution in [0.5, 0.6) is 5.75 Å². The highest BCUT2D eigenvalue weighted by Gasteiger charge is 2.29. The van der Waals surface area contributed by atoms with E-state index in [2.05, 4.69) is 29.2 Å². The Morgan fingerprint density at radius 1 is 1.03 bits per heavy atom. The molecule has 0 spiro atoms. The molecule has 2 heterocycles. The standard InChI is InChI=1S/C25H29N5O3/c1-18-7-6-8-19(2)30(18)23(31)16-33-22-13-11-21(12-14-22)24(32)27-25-26-17-29(28-25)15-20-9-4-3-5-10-20/h3-5,9-14,17-19H,6-8,15-16H2,1-2H3,(H,27,28,32). The molecule has 1 aliphatic heterocycles. The van der Waals surface area contributed by atoms with Gasteiger partial charge in [0.25, 0.3) is 11.8 Å². The monoisotopic (exact) mass is 447 g/mol. The van der Waals surface area contributed by atoms with Gasteiger partial charge in [0, 0.05) is 17.6 Å². The molecule has 1 fully saturated rings. The maximum Gasteiger partial charge on any atom is 0.260 e. The first-order valence-electron chi connectivity index (χ1n) is 11.3. The summed E-state index contributed by atoms with van der Waals surface area (Å²) >= 11 is 0. The molecule has 2 unspecified atom stereocenters. The van der Waals surface area contributed by atoms with Crippen LogP contribution >= 0.6 is 0 Å². The Morgan fingerprint density at radius 2 is 1.73 bits per heavy atom. The van der Waals surface area contributed by atoms with Crippen LogP contribution in [0.25, 0.3) is 0 Å². The van der Waals surface area contributed by atoms with Crippen molar-refractivity contribution in [2.24, 2.45) is 0 Å². The smallest absolute Gasteiger partial charge is 0.260 e. The first-order chi connectivity index (χ1) is 16.0. The van der Waals surface area contributed by atoms with E-state index in [0.29, 0.717) is 17.9 Å². The second kappa shape index (κ2) is 10.3. The summed E-state index contributed by atoms with van der Waals surface area (Å²) in [6, 6.07) is 17.1. The molecule has 1 aromatic heterocycles. The van der Waals surface area contributed by atoms with Crippen molar-refractivity contribution in [2.75, 3.05) is 11.9 Å². The van der Waals surface area contributed by atoms with Gasteiger partial charge < -0.3 is 9.64 Å². The molecule has 2 amide bonds. The van der Waals surface area contributed by atoms with E-state index >= 15 is 0 Å². The summed E-state index contributed by atoms with van der Waals surface area (Å²) in [5.74, 6) is 0.467. The highest BCUT2D eigenvalue weighted by molar-refractivity contribution is 6.03. The summed E-state index contributed by atoms with van der Waals surface area (Å²) in [7, 11) is 0. The second-order valence-corrected chi connectivity index (χ2v) is 8.45.